The molecule has 1 unspecified atom stereocenters. The van der Waals surface area contributed by atoms with Crippen molar-refractivity contribution in [3.63, 3.8) is 0 Å². The topological polar surface area (TPSA) is 58.4 Å². The van der Waals surface area contributed by atoms with Crippen molar-refractivity contribution in [2.45, 2.75) is 19.5 Å². The molecular formula is C12H17N3O2. The highest BCUT2D eigenvalue weighted by molar-refractivity contribution is 5.32. The molecule has 0 aliphatic carbocycles. The van der Waals surface area contributed by atoms with Gasteiger partial charge in [0.2, 0.25) is 0 Å². The Hall–Kier alpha value is -1.46. The average Bonchev–Trinajstić information content (AvgIpc) is 2.33. The van der Waals surface area contributed by atoms with Crippen LogP contribution in [0.4, 0.5) is 5.69 Å². The van der Waals surface area contributed by atoms with Gasteiger partial charge in [-0.2, -0.15) is 0 Å². The van der Waals surface area contributed by atoms with Gasteiger partial charge in [0.1, 0.15) is 0 Å². The Labute approximate surface area is 101 Å². The van der Waals surface area contributed by atoms with Crippen molar-refractivity contribution < 1.29 is 4.92 Å². The maximum absolute atomic E-state index is 10.5. The lowest BCUT2D eigenvalue weighted by atomic mass is 10.1. The molecule has 0 radical (unpaired) electrons. The summed E-state index contributed by atoms with van der Waals surface area (Å²) in [6.45, 7) is 6.10. The Morgan fingerprint density at radius 3 is 2.76 bits per heavy atom. The third-order valence-electron chi connectivity index (χ3n) is 3.17. The lowest BCUT2D eigenvalue weighted by Crippen LogP contribution is -2.49. The zero-order valence-corrected chi connectivity index (χ0v) is 9.93. The van der Waals surface area contributed by atoms with Crippen LogP contribution in [0.25, 0.3) is 0 Å². The summed E-state index contributed by atoms with van der Waals surface area (Å²) in [7, 11) is 0. The van der Waals surface area contributed by atoms with Gasteiger partial charge in [-0.3, -0.25) is 15.0 Å². The second-order valence-corrected chi connectivity index (χ2v) is 4.45. The predicted molar refractivity (Wildman–Crippen MR) is 65.8 cm³/mol. The normalized spacial score (nSPS) is 21.4. The van der Waals surface area contributed by atoms with E-state index in [2.05, 4.69) is 17.1 Å². The summed E-state index contributed by atoms with van der Waals surface area (Å²) in [5.41, 5.74) is 1.28. The second-order valence-electron chi connectivity index (χ2n) is 4.45. The van der Waals surface area contributed by atoms with Crippen LogP contribution in [-0.4, -0.2) is 35.5 Å². The number of nitrogens with one attached hydrogen (secondary N) is 1. The molecule has 1 aromatic carbocycles. The monoisotopic (exact) mass is 235 g/mol. The van der Waals surface area contributed by atoms with Crippen molar-refractivity contribution in [2.75, 3.05) is 19.6 Å². The van der Waals surface area contributed by atoms with Gasteiger partial charge in [-0.05, 0) is 12.5 Å². The van der Waals surface area contributed by atoms with E-state index in [1.54, 1.807) is 12.1 Å². The summed E-state index contributed by atoms with van der Waals surface area (Å²) in [6.07, 6.45) is 0. The molecular weight excluding hydrogens is 218 g/mol. The largest absolute Gasteiger partial charge is 0.314 e. The van der Waals surface area contributed by atoms with Crippen molar-refractivity contribution in [1.29, 1.82) is 0 Å². The molecule has 5 heteroatoms. The molecule has 2 rings (SSSR count). The summed E-state index contributed by atoms with van der Waals surface area (Å²) >= 11 is 0. The summed E-state index contributed by atoms with van der Waals surface area (Å²) in [6, 6.07) is 7.34. The molecule has 17 heavy (non-hydrogen) atoms. The van der Waals surface area contributed by atoms with E-state index in [9.17, 15) is 10.1 Å². The van der Waals surface area contributed by atoms with Gasteiger partial charge >= 0.3 is 0 Å². The van der Waals surface area contributed by atoms with E-state index < -0.39 is 0 Å². The minimum atomic E-state index is -0.364. The summed E-state index contributed by atoms with van der Waals surface area (Å²) < 4.78 is 0. The van der Waals surface area contributed by atoms with E-state index in [0.717, 1.165) is 31.7 Å². The summed E-state index contributed by atoms with van der Waals surface area (Å²) in [5, 5.41) is 13.9. The molecule has 1 N–H and O–H groups in total. The first-order valence-corrected chi connectivity index (χ1v) is 5.85. The van der Waals surface area contributed by atoms with Crippen LogP contribution in [-0.2, 0) is 6.54 Å². The molecule has 0 saturated carbocycles. The number of nitro benzene ring substituents is 1. The molecule has 1 aliphatic rings. The van der Waals surface area contributed by atoms with Crippen LogP contribution in [0.5, 0.6) is 0 Å². The summed E-state index contributed by atoms with van der Waals surface area (Å²) in [4.78, 5) is 12.6. The predicted octanol–water partition coefficient (Wildman–Crippen LogP) is 1.39. The van der Waals surface area contributed by atoms with E-state index >= 15 is 0 Å². The van der Waals surface area contributed by atoms with Gasteiger partial charge in [0, 0.05) is 44.4 Å². The van der Waals surface area contributed by atoms with Gasteiger partial charge in [0.05, 0.1) is 4.92 Å². The average molecular weight is 235 g/mol. The first kappa shape index (κ1) is 12.0. The third-order valence-corrected chi connectivity index (χ3v) is 3.17. The molecule has 0 aromatic heterocycles. The lowest BCUT2D eigenvalue weighted by Gasteiger charge is -2.33. The van der Waals surface area contributed by atoms with Crippen molar-refractivity contribution in [1.82, 2.24) is 10.2 Å². The molecule has 1 aromatic rings. The maximum atomic E-state index is 10.5. The highest BCUT2D eigenvalue weighted by Gasteiger charge is 2.17. The Balaban J connectivity index is 2.00. The molecule has 1 saturated heterocycles. The quantitative estimate of drug-likeness (QED) is 0.635. The van der Waals surface area contributed by atoms with Crippen LogP contribution < -0.4 is 5.32 Å². The van der Waals surface area contributed by atoms with Crippen molar-refractivity contribution >= 4 is 5.69 Å². The van der Waals surface area contributed by atoms with Gasteiger partial charge in [0.25, 0.3) is 5.69 Å². The number of hydrogen-bond donors (Lipinski definition) is 1. The Morgan fingerprint density at radius 1 is 1.47 bits per heavy atom. The van der Waals surface area contributed by atoms with Gasteiger partial charge < -0.3 is 5.32 Å². The van der Waals surface area contributed by atoms with E-state index in [0.29, 0.717) is 6.04 Å². The van der Waals surface area contributed by atoms with Crippen LogP contribution in [0.15, 0.2) is 24.3 Å². The van der Waals surface area contributed by atoms with Crippen LogP contribution in [0.1, 0.15) is 12.5 Å². The molecule has 92 valence electrons. The fourth-order valence-electron chi connectivity index (χ4n) is 2.08. The highest BCUT2D eigenvalue weighted by atomic mass is 16.6. The minimum absolute atomic E-state index is 0.155. The number of non-ortho nitro benzene ring substituents is 1. The van der Waals surface area contributed by atoms with E-state index in [-0.39, 0.29) is 10.6 Å². The Bertz CT molecular complexity index is 391. The lowest BCUT2D eigenvalue weighted by molar-refractivity contribution is -0.384. The number of nitrogens with zero attached hydrogens (tertiary/aromatic N) is 2. The fraction of sp³-hybridized carbons (Fsp3) is 0.500. The maximum Gasteiger partial charge on any atom is 0.269 e. The van der Waals surface area contributed by atoms with E-state index in [4.69, 9.17) is 0 Å². The smallest absolute Gasteiger partial charge is 0.269 e. The molecule has 0 spiro atoms. The molecule has 1 heterocycles. The zero-order chi connectivity index (χ0) is 12.3. The SMILES string of the molecule is CC1CNCCN1Cc1ccc([N+](=O)[O-])cc1. The van der Waals surface area contributed by atoms with Crippen LogP contribution in [0.2, 0.25) is 0 Å². The van der Waals surface area contributed by atoms with Gasteiger partial charge in [-0.1, -0.05) is 12.1 Å². The van der Waals surface area contributed by atoms with Gasteiger partial charge in [-0.25, -0.2) is 0 Å². The van der Waals surface area contributed by atoms with Crippen LogP contribution in [0.3, 0.4) is 0 Å². The molecule has 5 nitrogen and oxygen atoms in total. The van der Waals surface area contributed by atoms with Crippen molar-refractivity contribution in [2.24, 2.45) is 0 Å². The standard InChI is InChI=1S/C12H17N3O2/c1-10-8-13-6-7-14(10)9-11-2-4-12(5-3-11)15(16)17/h2-5,10,13H,6-9H2,1H3. The number of rotatable bonds is 3. The van der Waals surface area contributed by atoms with Crippen LogP contribution in [0, 0.1) is 10.1 Å². The highest BCUT2D eigenvalue weighted by Crippen LogP contribution is 2.15. The van der Waals surface area contributed by atoms with Gasteiger partial charge in [-0.15, -0.1) is 0 Å². The molecule has 1 fully saturated rings. The van der Waals surface area contributed by atoms with Crippen LogP contribution >= 0.6 is 0 Å². The van der Waals surface area contributed by atoms with E-state index in [1.165, 1.54) is 0 Å². The first-order valence-electron chi connectivity index (χ1n) is 5.85. The summed E-state index contributed by atoms with van der Waals surface area (Å²) in [5.74, 6) is 0. The number of benzene rings is 1. The fourth-order valence-corrected chi connectivity index (χ4v) is 2.08. The Kier molecular flexibility index (Phi) is 3.71. The Morgan fingerprint density at radius 2 is 2.18 bits per heavy atom. The minimum Gasteiger partial charge on any atom is -0.314 e. The van der Waals surface area contributed by atoms with Crippen molar-refractivity contribution in [3.05, 3.63) is 39.9 Å². The molecule has 1 aliphatic heterocycles. The van der Waals surface area contributed by atoms with E-state index in [1.807, 2.05) is 12.1 Å². The number of piperazine rings is 1. The zero-order valence-electron chi connectivity index (χ0n) is 9.93. The number of hydrogen-bond acceptors (Lipinski definition) is 4. The molecule has 0 bridgehead atoms. The number of nitro groups is 1. The third kappa shape index (κ3) is 3.01. The molecule has 0 amide bonds. The second kappa shape index (κ2) is 5.25. The van der Waals surface area contributed by atoms with Gasteiger partial charge in [0.15, 0.2) is 0 Å². The van der Waals surface area contributed by atoms with Crippen molar-refractivity contribution in [3.8, 4) is 0 Å². The first-order chi connectivity index (χ1) is 8.16. The molecule has 1 atom stereocenters.